The van der Waals surface area contributed by atoms with Crippen LogP contribution in [0.25, 0.3) is 0 Å². The van der Waals surface area contributed by atoms with Crippen molar-refractivity contribution in [1.82, 2.24) is 4.90 Å². The molecule has 0 fully saturated rings. The molecule has 0 aliphatic carbocycles. The molecule has 1 amide bonds. The predicted molar refractivity (Wildman–Crippen MR) is 85.9 cm³/mol. The molecule has 4 nitrogen and oxygen atoms in total. The van der Waals surface area contributed by atoms with Crippen molar-refractivity contribution < 1.29 is 13.2 Å². The quantitative estimate of drug-likeness (QED) is 0.733. The summed E-state index contributed by atoms with van der Waals surface area (Å²) in [4.78, 5) is 13.7. The number of benzene rings is 1. The zero-order valence-corrected chi connectivity index (χ0v) is 14.9. The van der Waals surface area contributed by atoms with E-state index in [4.69, 9.17) is 33.9 Å². The van der Waals surface area contributed by atoms with E-state index in [1.165, 1.54) is 6.07 Å². The maximum Gasteiger partial charge on any atom is 0.262 e. The van der Waals surface area contributed by atoms with E-state index in [0.717, 1.165) is 6.07 Å². The topological polar surface area (TPSA) is 54.5 Å². The van der Waals surface area contributed by atoms with E-state index in [-0.39, 0.29) is 32.3 Å². The third kappa shape index (κ3) is 4.74. The van der Waals surface area contributed by atoms with Gasteiger partial charge in [-0.15, -0.1) is 0 Å². The predicted octanol–water partition coefficient (Wildman–Crippen LogP) is 4.04. The largest absolute Gasteiger partial charge is 0.339 e. The Morgan fingerprint density at radius 2 is 1.86 bits per heavy atom. The van der Waals surface area contributed by atoms with Gasteiger partial charge in [0.05, 0.1) is 10.6 Å². The van der Waals surface area contributed by atoms with Gasteiger partial charge in [-0.25, -0.2) is 8.42 Å². The number of amides is 1. The first-order chi connectivity index (χ1) is 9.57. The second-order valence-corrected chi connectivity index (χ2v) is 8.29. The van der Waals surface area contributed by atoms with Crippen molar-refractivity contribution >= 4 is 48.8 Å². The van der Waals surface area contributed by atoms with Gasteiger partial charge in [-0.3, -0.25) is 4.79 Å². The van der Waals surface area contributed by atoms with E-state index in [1.807, 2.05) is 20.8 Å². The molecule has 0 spiro atoms. The monoisotopic (exact) mass is 371 g/mol. The maximum absolute atomic E-state index is 12.5. The van der Waals surface area contributed by atoms with Crippen LogP contribution in [0.1, 0.15) is 31.1 Å². The molecule has 0 saturated carbocycles. The van der Waals surface area contributed by atoms with Crippen LogP contribution in [0.5, 0.6) is 0 Å². The normalized spacial score (nSPS) is 11.8. The van der Waals surface area contributed by atoms with Gasteiger partial charge in [-0.05, 0) is 25.0 Å². The number of rotatable bonds is 5. The number of hydrogen-bond donors (Lipinski definition) is 0. The Morgan fingerprint density at radius 1 is 1.29 bits per heavy atom. The van der Waals surface area contributed by atoms with E-state index in [2.05, 4.69) is 0 Å². The Labute approximate surface area is 139 Å². The highest BCUT2D eigenvalue weighted by atomic mass is 35.7. The van der Waals surface area contributed by atoms with Gasteiger partial charge < -0.3 is 4.90 Å². The summed E-state index contributed by atoms with van der Waals surface area (Å²) in [5.41, 5.74) is 0.0332. The second-order valence-electron chi connectivity index (χ2n) is 4.94. The van der Waals surface area contributed by atoms with Gasteiger partial charge in [0, 0.05) is 28.8 Å². The zero-order chi connectivity index (χ0) is 16.4. The first-order valence-electron chi connectivity index (χ1n) is 6.30. The Balaban J connectivity index is 3.36. The third-order valence-corrected chi connectivity index (χ3v) is 4.84. The summed E-state index contributed by atoms with van der Waals surface area (Å²) >= 11 is 11.9. The molecule has 0 unspecified atom stereocenters. The molecule has 1 aromatic rings. The average Bonchev–Trinajstić information content (AvgIpc) is 2.36. The lowest BCUT2D eigenvalue weighted by atomic mass is 10.1. The number of halogens is 3. The molecule has 0 atom stereocenters. The summed E-state index contributed by atoms with van der Waals surface area (Å²) < 4.78 is 23.0. The fourth-order valence-corrected chi connectivity index (χ4v) is 3.72. The van der Waals surface area contributed by atoms with Crippen molar-refractivity contribution in [2.24, 2.45) is 5.92 Å². The molecular weight excluding hydrogens is 357 g/mol. The van der Waals surface area contributed by atoms with Crippen LogP contribution in [0.15, 0.2) is 17.0 Å². The Kier molecular flexibility index (Phi) is 6.35. The molecule has 21 heavy (non-hydrogen) atoms. The van der Waals surface area contributed by atoms with Gasteiger partial charge in [-0.1, -0.05) is 37.0 Å². The minimum Gasteiger partial charge on any atom is -0.339 e. The van der Waals surface area contributed by atoms with Gasteiger partial charge in [0.1, 0.15) is 4.90 Å². The molecule has 0 radical (unpaired) electrons. The average molecular weight is 373 g/mol. The number of carbonyl (C=O) groups excluding carboxylic acids is 1. The van der Waals surface area contributed by atoms with Crippen molar-refractivity contribution in [3.05, 3.63) is 27.7 Å². The van der Waals surface area contributed by atoms with Gasteiger partial charge in [-0.2, -0.15) is 0 Å². The molecule has 0 aromatic heterocycles. The third-order valence-electron chi connectivity index (χ3n) is 2.75. The molecule has 8 heteroatoms. The molecule has 0 aliphatic rings. The molecule has 0 heterocycles. The number of nitrogens with zero attached hydrogens (tertiary/aromatic N) is 1. The number of carbonyl (C=O) groups is 1. The van der Waals surface area contributed by atoms with Crippen LogP contribution in [-0.4, -0.2) is 32.3 Å². The molecular formula is C13H16Cl3NO3S. The molecule has 1 aromatic carbocycles. The van der Waals surface area contributed by atoms with Crippen LogP contribution in [0.4, 0.5) is 0 Å². The van der Waals surface area contributed by atoms with Gasteiger partial charge in [0.2, 0.25) is 0 Å². The van der Waals surface area contributed by atoms with Crippen LogP contribution in [0.3, 0.4) is 0 Å². The minimum atomic E-state index is -4.08. The summed E-state index contributed by atoms with van der Waals surface area (Å²) in [7, 11) is 1.23. The minimum absolute atomic E-state index is 0.0332. The van der Waals surface area contributed by atoms with E-state index >= 15 is 0 Å². The standard InChI is InChI=1S/C13H16Cl3NO3S/c1-4-17(7-8(2)3)13(18)10-5-9(14)6-11(12(10)15)21(16,19)20/h5-6,8H,4,7H2,1-3H3. The Bertz CT molecular complexity index is 644. The molecule has 0 saturated heterocycles. The van der Waals surface area contributed by atoms with Crippen LogP contribution in [0, 0.1) is 5.92 Å². The molecule has 1 rings (SSSR count). The fraction of sp³-hybridized carbons (Fsp3) is 0.462. The maximum atomic E-state index is 12.5. The van der Waals surface area contributed by atoms with Gasteiger partial charge in [0.15, 0.2) is 0 Å². The van der Waals surface area contributed by atoms with Crippen LogP contribution in [0.2, 0.25) is 10.0 Å². The van der Waals surface area contributed by atoms with Crippen LogP contribution < -0.4 is 0 Å². The summed E-state index contributed by atoms with van der Waals surface area (Å²) in [6.07, 6.45) is 0. The van der Waals surface area contributed by atoms with E-state index in [1.54, 1.807) is 4.90 Å². The smallest absolute Gasteiger partial charge is 0.262 e. The Morgan fingerprint density at radius 3 is 2.29 bits per heavy atom. The SMILES string of the molecule is CCN(CC(C)C)C(=O)c1cc(Cl)cc(S(=O)(=O)Cl)c1Cl. The first kappa shape index (κ1) is 18.6. The summed E-state index contributed by atoms with van der Waals surface area (Å²) in [6, 6.07) is 2.47. The van der Waals surface area contributed by atoms with Crippen molar-refractivity contribution in [2.75, 3.05) is 13.1 Å². The highest BCUT2D eigenvalue weighted by Crippen LogP contribution is 2.32. The number of hydrogen-bond acceptors (Lipinski definition) is 3. The molecule has 0 N–H and O–H groups in total. The summed E-state index contributed by atoms with van der Waals surface area (Å²) in [5, 5.41) is -0.121. The van der Waals surface area contributed by atoms with Crippen molar-refractivity contribution in [1.29, 1.82) is 0 Å². The summed E-state index contributed by atoms with van der Waals surface area (Å²) in [6.45, 7) is 6.79. The van der Waals surface area contributed by atoms with E-state index in [9.17, 15) is 13.2 Å². The van der Waals surface area contributed by atoms with Crippen LogP contribution >= 0.6 is 33.9 Å². The zero-order valence-electron chi connectivity index (χ0n) is 11.9. The lowest BCUT2D eigenvalue weighted by Gasteiger charge is -2.23. The fourth-order valence-electron chi connectivity index (χ4n) is 1.86. The lowest BCUT2D eigenvalue weighted by Crippen LogP contribution is -2.34. The van der Waals surface area contributed by atoms with Crippen molar-refractivity contribution in [3.63, 3.8) is 0 Å². The highest BCUT2D eigenvalue weighted by Gasteiger charge is 2.25. The molecule has 118 valence electrons. The van der Waals surface area contributed by atoms with E-state index in [0.29, 0.717) is 13.1 Å². The van der Waals surface area contributed by atoms with Crippen molar-refractivity contribution in [3.8, 4) is 0 Å². The molecule has 0 bridgehead atoms. The van der Waals surface area contributed by atoms with Crippen molar-refractivity contribution in [2.45, 2.75) is 25.7 Å². The highest BCUT2D eigenvalue weighted by molar-refractivity contribution is 8.13. The Hall–Kier alpha value is -0.490. The van der Waals surface area contributed by atoms with Crippen LogP contribution in [-0.2, 0) is 9.05 Å². The van der Waals surface area contributed by atoms with Gasteiger partial charge >= 0.3 is 0 Å². The molecule has 0 aliphatic heterocycles. The summed E-state index contributed by atoms with van der Waals surface area (Å²) in [5.74, 6) is -0.108. The van der Waals surface area contributed by atoms with Gasteiger partial charge in [0.25, 0.3) is 15.0 Å². The lowest BCUT2D eigenvalue weighted by molar-refractivity contribution is 0.0745. The second kappa shape index (κ2) is 7.18. The van der Waals surface area contributed by atoms with E-state index < -0.39 is 9.05 Å². The first-order valence-corrected chi connectivity index (χ1v) is 9.37.